The number of esters is 1. The van der Waals surface area contributed by atoms with Crippen molar-refractivity contribution in [1.82, 2.24) is 4.57 Å². The van der Waals surface area contributed by atoms with Crippen molar-refractivity contribution in [2.24, 2.45) is 0 Å². The van der Waals surface area contributed by atoms with Crippen LogP contribution < -0.4 is 5.73 Å². The first-order chi connectivity index (χ1) is 9.63. The molecule has 2 aromatic rings. The van der Waals surface area contributed by atoms with Gasteiger partial charge in [-0.25, -0.2) is 4.79 Å². The van der Waals surface area contributed by atoms with Crippen molar-refractivity contribution < 1.29 is 9.53 Å². The molecular formula is C14H13N3O2S. The van der Waals surface area contributed by atoms with E-state index in [-0.39, 0.29) is 16.9 Å². The molecule has 0 saturated carbocycles. The molecule has 0 unspecified atom stereocenters. The number of carbonyl (C=O) groups excluding carboxylic acids is 1. The number of aromatic nitrogens is 1. The lowest BCUT2D eigenvalue weighted by atomic mass is 10.2. The summed E-state index contributed by atoms with van der Waals surface area (Å²) in [5.74, 6) is -0.570. The lowest BCUT2D eigenvalue weighted by Crippen LogP contribution is -2.11. The zero-order chi connectivity index (χ0) is 14.7. The number of hydrogen-bond acceptors (Lipinski definition) is 5. The Morgan fingerprint density at radius 2 is 2.15 bits per heavy atom. The van der Waals surface area contributed by atoms with E-state index in [2.05, 4.69) is 0 Å². The quantitative estimate of drug-likeness (QED) is 0.692. The van der Waals surface area contributed by atoms with Crippen LogP contribution in [0.3, 0.4) is 0 Å². The first kappa shape index (κ1) is 14.0. The van der Waals surface area contributed by atoms with Crippen molar-refractivity contribution in [1.29, 1.82) is 5.26 Å². The van der Waals surface area contributed by atoms with Gasteiger partial charge in [-0.2, -0.15) is 5.26 Å². The lowest BCUT2D eigenvalue weighted by Gasteiger charge is -2.11. The molecule has 1 heterocycles. The van der Waals surface area contributed by atoms with Crippen LogP contribution in [0.4, 0.5) is 5.69 Å². The van der Waals surface area contributed by atoms with Crippen LogP contribution in [0.1, 0.15) is 16.1 Å². The molecule has 0 atom stereocenters. The minimum atomic E-state index is -0.570. The van der Waals surface area contributed by atoms with Gasteiger partial charge in [0, 0.05) is 11.1 Å². The number of thioether (sulfide) groups is 1. The number of methoxy groups -OCH3 is 1. The average molecular weight is 287 g/mol. The van der Waals surface area contributed by atoms with Gasteiger partial charge < -0.3 is 15.0 Å². The molecule has 2 rings (SSSR count). The van der Waals surface area contributed by atoms with Gasteiger partial charge in [0.05, 0.1) is 24.0 Å². The van der Waals surface area contributed by atoms with Crippen molar-refractivity contribution in [3.63, 3.8) is 0 Å². The Labute approximate surface area is 120 Å². The molecule has 1 aromatic heterocycles. The average Bonchev–Trinajstić information content (AvgIpc) is 2.83. The Morgan fingerprint density at radius 1 is 1.45 bits per heavy atom. The first-order valence-electron chi connectivity index (χ1n) is 5.76. The molecule has 20 heavy (non-hydrogen) atoms. The molecule has 6 heteroatoms. The molecule has 0 aliphatic rings. The highest BCUT2D eigenvalue weighted by Gasteiger charge is 2.22. The van der Waals surface area contributed by atoms with Gasteiger partial charge in [-0.05, 0) is 18.4 Å². The fourth-order valence-corrected chi connectivity index (χ4v) is 2.52. The van der Waals surface area contributed by atoms with Gasteiger partial charge in [0.2, 0.25) is 0 Å². The number of anilines is 1. The molecule has 0 amide bonds. The van der Waals surface area contributed by atoms with Crippen molar-refractivity contribution in [3.8, 4) is 11.8 Å². The van der Waals surface area contributed by atoms with E-state index in [0.717, 1.165) is 10.6 Å². The van der Waals surface area contributed by atoms with Gasteiger partial charge in [0.1, 0.15) is 6.07 Å². The molecule has 0 aliphatic carbocycles. The van der Waals surface area contributed by atoms with Gasteiger partial charge in [-0.1, -0.05) is 12.1 Å². The summed E-state index contributed by atoms with van der Waals surface area (Å²) < 4.78 is 6.36. The summed E-state index contributed by atoms with van der Waals surface area (Å²) in [5.41, 5.74) is 7.21. The van der Waals surface area contributed by atoms with Crippen LogP contribution in [0.15, 0.2) is 35.4 Å². The summed E-state index contributed by atoms with van der Waals surface area (Å²) in [7, 11) is 1.28. The third-order valence-electron chi connectivity index (χ3n) is 2.89. The van der Waals surface area contributed by atoms with Crippen LogP contribution >= 0.6 is 11.8 Å². The number of carbonyl (C=O) groups is 1. The molecule has 0 saturated heterocycles. The van der Waals surface area contributed by atoms with Gasteiger partial charge in [0.15, 0.2) is 5.69 Å². The minimum Gasteiger partial charge on any atom is -0.464 e. The number of rotatable bonds is 3. The number of benzene rings is 1. The number of ether oxygens (including phenoxy) is 1. The van der Waals surface area contributed by atoms with E-state index in [9.17, 15) is 4.79 Å². The van der Waals surface area contributed by atoms with E-state index in [4.69, 9.17) is 15.7 Å². The Balaban J connectivity index is 2.74. The number of hydrogen-bond donors (Lipinski definition) is 1. The van der Waals surface area contributed by atoms with Gasteiger partial charge in [-0.15, -0.1) is 11.8 Å². The summed E-state index contributed by atoms with van der Waals surface area (Å²) in [5, 5.41) is 9.08. The molecule has 0 bridgehead atoms. The van der Waals surface area contributed by atoms with Crippen LogP contribution in [0.25, 0.3) is 5.69 Å². The van der Waals surface area contributed by atoms with Gasteiger partial charge in [0.25, 0.3) is 0 Å². The molecule has 0 spiro atoms. The van der Waals surface area contributed by atoms with Crippen molar-refractivity contribution in [3.05, 3.63) is 41.7 Å². The maximum absolute atomic E-state index is 11.9. The normalized spacial score (nSPS) is 10.1. The molecule has 102 valence electrons. The monoisotopic (exact) mass is 287 g/mol. The number of para-hydroxylation sites is 1. The first-order valence-corrected chi connectivity index (χ1v) is 6.99. The largest absolute Gasteiger partial charge is 0.464 e. The molecule has 0 aliphatic heterocycles. The summed E-state index contributed by atoms with van der Waals surface area (Å²) in [4.78, 5) is 12.9. The highest BCUT2D eigenvalue weighted by Crippen LogP contribution is 2.29. The van der Waals surface area contributed by atoms with Crippen molar-refractivity contribution >= 4 is 23.4 Å². The summed E-state index contributed by atoms with van der Waals surface area (Å²) in [6.07, 6.45) is 3.49. The SMILES string of the molecule is COC(=O)c1c(N)c(C#N)cn1-c1ccccc1SC. The smallest absolute Gasteiger partial charge is 0.357 e. The van der Waals surface area contributed by atoms with Gasteiger partial charge in [-0.3, -0.25) is 0 Å². The minimum absolute atomic E-state index is 0.134. The maximum atomic E-state index is 11.9. The fourth-order valence-electron chi connectivity index (χ4n) is 1.93. The lowest BCUT2D eigenvalue weighted by molar-refractivity contribution is 0.0593. The van der Waals surface area contributed by atoms with Crippen LogP contribution in [-0.2, 0) is 4.74 Å². The summed E-state index contributed by atoms with van der Waals surface area (Å²) in [6.45, 7) is 0. The Kier molecular flexibility index (Phi) is 4.01. The number of nitrogens with zero attached hydrogens (tertiary/aromatic N) is 2. The van der Waals surface area contributed by atoms with E-state index in [1.807, 2.05) is 36.6 Å². The Hall–Kier alpha value is -2.39. The molecule has 0 radical (unpaired) electrons. The summed E-state index contributed by atoms with van der Waals surface area (Å²) in [6, 6.07) is 9.54. The number of nitrogen functional groups attached to an aromatic ring is 1. The second-order valence-electron chi connectivity index (χ2n) is 3.95. The van der Waals surface area contributed by atoms with Crippen LogP contribution in [0.5, 0.6) is 0 Å². The second kappa shape index (κ2) is 5.72. The van der Waals surface area contributed by atoms with E-state index >= 15 is 0 Å². The predicted octanol–water partition coefficient (Wildman–Crippen LogP) is 2.44. The zero-order valence-electron chi connectivity index (χ0n) is 11.1. The Bertz CT molecular complexity index is 701. The summed E-state index contributed by atoms with van der Waals surface area (Å²) >= 11 is 1.54. The van der Waals surface area contributed by atoms with Gasteiger partial charge >= 0.3 is 5.97 Å². The molecule has 5 nitrogen and oxygen atoms in total. The third kappa shape index (κ3) is 2.24. The highest BCUT2D eigenvalue weighted by molar-refractivity contribution is 7.98. The predicted molar refractivity (Wildman–Crippen MR) is 78.0 cm³/mol. The van der Waals surface area contributed by atoms with Crippen LogP contribution in [0.2, 0.25) is 0 Å². The topological polar surface area (TPSA) is 81.0 Å². The van der Waals surface area contributed by atoms with E-state index < -0.39 is 5.97 Å². The third-order valence-corrected chi connectivity index (χ3v) is 3.67. The second-order valence-corrected chi connectivity index (χ2v) is 4.80. The molecular weight excluding hydrogens is 274 g/mol. The maximum Gasteiger partial charge on any atom is 0.357 e. The van der Waals surface area contributed by atoms with E-state index in [1.165, 1.54) is 7.11 Å². The number of nitriles is 1. The number of nitrogens with two attached hydrogens (primary N) is 1. The van der Waals surface area contributed by atoms with E-state index in [0.29, 0.717) is 0 Å². The standard InChI is InChI=1S/C14H13N3O2S/c1-19-14(18)13-12(16)9(7-15)8-17(13)10-5-3-4-6-11(10)20-2/h3-6,8H,16H2,1-2H3. The Morgan fingerprint density at radius 3 is 2.75 bits per heavy atom. The van der Waals surface area contributed by atoms with Crippen molar-refractivity contribution in [2.75, 3.05) is 19.1 Å². The van der Waals surface area contributed by atoms with Crippen LogP contribution in [-0.4, -0.2) is 23.9 Å². The fraction of sp³-hybridized carbons (Fsp3) is 0.143. The molecule has 1 aromatic carbocycles. The van der Waals surface area contributed by atoms with Crippen LogP contribution in [0, 0.1) is 11.3 Å². The molecule has 0 fully saturated rings. The zero-order valence-corrected chi connectivity index (χ0v) is 11.9. The van der Waals surface area contributed by atoms with E-state index in [1.54, 1.807) is 22.5 Å². The van der Waals surface area contributed by atoms with Crippen molar-refractivity contribution in [2.45, 2.75) is 4.90 Å². The highest BCUT2D eigenvalue weighted by atomic mass is 32.2. The molecule has 2 N–H and O–H groups in total.